The molecule has 1 aliphatic heterocycles. The highest BCUT2D eigenvalue weighted by molar-refractivity contribution is 5.90. The molecule has 1 saturated heterocycles. The van der Waals surface area contributed by atoms with Crippen LogP contribution in [0.15, 0.2) is 18.6 Å². The molecular formula is C18H29N5O. The molecule has 1 spiro atoms. The second kappa shape index (κ2) is 6.97. The molecule has 1 aromatic rings. The van der Waals surface area contributed by atoms with Crippen LogP contribution in [-0.2, 0) is 11.3 Å². The molecule has 1 amide bonds. The van der Waals surface area contributed by atoms with Crippen molar-refractivity contribution in [3.05, 3.63) is 29.9 Å². The number of rotatable bonds is 6. The number of carbonyl (C=O) groups excluding carboxylic acids is 1. The summed E-state index contributed by atoms with van der Waals surface area (Å²) in [5, 5.41) is 13.6. The second-order valence-corrected chi connectivity index (χ2v) is 7.31. The summed E-state index contributed by atoms with van der Waals surface area (Å²) < 4.78 is 0. The van der Waals surface area contributed by atoms with Gasteiger partial charge in [0.15, 0.2) is 0 Å². The number of unbranched alkanes of at least 4 members (excludes halogenated alkanes) is 1. The lowest BCUT2D eigenvalue weighted by molar-refractivity contribution is -0.125. The third-order valence-corrected chi connectivity index (χ3v) is 5.42. The number of carbonyl (C=O) groups is 1. The van der Waals surface area contributed by atoms with E-state index in [9.17, 15) is 4.79 Å². The molecule has 1 saturated carbocycles. The molecule has 3 N–H and O–H groups in total. The molecule has 0 bridgehead atoms. The summed E-state index contributed by atoms with van der Waals surface area (Å²) in [5.74, 6) is 1.17. The van der Waals surface area contributed by atoms with E-state index in [1.54, 1.807) is 0 Å². The van der Waals surface area contributed by atoms with E-state index in [4.69, 9.17) is 0 Å². The van der Waals surface area contributed by atoms with E-state index >= 15 is 0 Å². The van der Waals surface area contributed by atoms with Crippen molar-refractivity contribution < 1.29 is 4.79 Å². The first-order valence-corrected chi connectivity index (χ1v) is 9.03. The number of hydrogen-bond acceptors (Lipinski definition) is 4. The predicted octanol–water partition coefficient (Wildman–Crippen LogP) is 2.23. The lowest BCUT2D eigenvalue weighted by atomic mass is 9.75. The number of aromatic nitrogens is 2. The third-order valence-electron chi connectivity index (χ3n) is 5.42. The molecule has 0 atom stereocenters. The number of hydrogen-bond donors (Lipinski definition) is 3. The first-order valence-electron chi connectivity index (χ1n) is 9.03. The van der Waals surface area contributed by atoms with Gasteiger partial charge in [0.25, 0.3) is 5.91 Å². The monoisotopic (exact) mass is 331 g/mol. The normalized spacial score (nSPS) is 26.9. The Morgan fingerprint density at radius 1 is 1.42 bits per heavy atom. The summed E-state index contributed by atoms with van der Waals surface area (Å²) in [6, 6.07) is 0. The van der Waals surface area contributed by atoms with E-state index in [2.05, 4.69) is 46.3 Å². The Kier molecular flexibility index (Phi) is 4.94. The number of aromatic amines is 1. The molecule has 2 heterocycles. The Hall–Kier alpha value is -1.82. The van der Waals surface area contributed by atoms with Crippen LogP contribution >= 0.6 is 0 Å². The van der Waals surface area contributed by atoms with Gasteiger partial charge in [-0.1, -0.05) is 19.9 Å². The highest BCUT2D eigenvalue weighted by Crippen LogP contribution is 2.40. The van der Waals surface area contributed by atoms with Crippen molar-refractivity contribution in [3.63, 3.8) is 0 Å². The molecule has 2 fully saturated rings. The Morgan fingerprint density at radius 3 is 2.79 bits per heavy atom. The van der Waals surface area contributed by atoms with Crippen LogP contribution in [0.5, 0.6) is 0 Å². The zero-order valence-electron chi connectivity index (χ0n) is 14.8. The topological polar surface area (TPSA) is 73.0 Å². The van der Waals surface area contributed by atoms with E-state index in [0.29, 0.717) is 11.7 Å². The van der Waals surface area contributed by atoms with Gasteiger partial charge >= 0.3 is 0 Å². The number of H-pyrrole nitrogens is 1. The molecule has 2 aliphatic rings. The van der Waals surface area contributed by atoms with Crippen molar-refractivity contribution in [2.75, 3.05) is 13.6 Å². The number of amides is 1. The van der Waals surface area contributed by atoms with Gasteiger partial charge in [0, 0.05) is 23.7 Å². The first-order chi connectivity index (χ1) is 11.5. The van der Waals surface area contributed by atoms with Crippen LogP contribution in [0.4, 0.5) is 0 Å². The molecule has 0 aromatic carbocycles. The molecule has 0 unspecified atom stereocenters. The van der Waals surface area contributed by atoms with Crippen LogP contribution in [0.2, 0.25) is 0 Å². The van der Waals surface area contributed by atoms with Crippen LogP contribution in [0, 0.1) is 0 Å². The van der Waals surface area contributed by atoms with E-state index in [-0.39, 0.29) is 5.91 Å². The average Bonchev–Trinajstić information content (AvgIpc) is 3.11. The van der Waals surface area contributed by atoms with Gasteiger partial charge in [0.1, 0.15) is 5.54 Å². The van der Waals surface area contributed by atoms with Gasteiger partial charge in [0.2, 0.25) is 0 Å². The van der Waals surface area contributed by atoms with Crippen LogP contribution in [-0.4, -0.2) is 40.1 Å². The maximum absolute atomic E-state index is 12.2. The fourth-order valence-corrected chi connectivity index (χ4v) is 3.98. The van der Waals surface area contributed by atoms with Crippen LogP contribution in [0.1, 0.15) is 62.6 Å². The standard InChI is InChI=1S/C18H29N5O/c1-4-5-10-23(3)12-15-11-19-22-16(15)14-6-8-18(9-7-14)17(24)20-13(2)21-18/h11,14,21H,2,4-10,12H2,1,3H3,(H,19,22)(H,20,24). The third kappa shape index (κ3) is 3.34. The van der Waals surface area contributed by atoms with Crippen molar-refractivity contribution in [1.82, 2.24) is 25.7 Å². The highest BCUT2D eigenvalue weighted by Gasteiger charge is 2.46. The molecule has 3 rings (SSSR count). The minimum absolute atomic E-state index is 0.0788. The lowest BCUT2D eigenvalue weighted by Gasteiger charge is -2.35. The van der Waals surface area contributed by atoms with Crippen molar-refractivity contribution in [3.8, 4) is 0 Å². The zero-order valence-corrected chi connectivity index (χ0v) is 14.8. The first kappa shape index (κ1) is 17.0. The Balaban J connectivity index is 1.62. The SMILES string of the molecule is C=C1NC(=O)C2(CCC(c3[nH]ncc3CN(C)CCCC)CC2)N1. The second-order valence-electron chi connectivity index (χ2n) is 7.31. The van der Waals surface area contributed by atoms with Crippen molar-refractivity contribution >= 4 is 5.91 Å². The van der Waals surface area contributed by atoms with Crippen molar-refractivity contribution in [2.24, 2.45) is 0 Å². The highest BCUT2D eigenvalue weighted by atomic mass is 16.2. The van der Waals surface area contributed by atoms with Gasteiger partial charge in [-0.3, -0.25) is 9.89 Å². The van der Waals surface area contributed by atoms with Crippen LogP contribution in [0.3, 0.4) is 0 Å². The fourth-order valence-electron chi connectivity index (χ4n) is 3.98. The van der Waals surface area contributed by atoms with E-state index in [1.165, 1.54) is 24.1 Å². The molecular weight excluding hydrogens is 302 g/mol. The molecule has 24 heavy (non-hydrogen) atoms. The summed E-state index contributed by atoms with van der Waals surface area (Å²) in [7, 11) is 2.17. The Bertz CT molecular complexity index is 600. The van der Waals surface area contributed by atoms with Crippen molar-refractivity contribution in [2.45, 2.75) is 63.5 Å². The van der Waals surface area contributed by atoms with Gasteiger partial charge in [-0.05, 0) is 45.7 Å². The summed E-state index contributed by atoms with van der Waals surface area (Å²) >= 11 is 0. The molecule has 0 radical (unpaired) electrons. The number of nitrogens with zero attached hydrogens (tertiary/aromatic N) is 2. The molecule has 1 aliphatic carbocycles. The smallest absolute Gasteiger partial charge is 0.251 e. The van der Waals surface area contributed by atoms with E-state index in [0.717, 1.165) is 38.8 Å². The molecule has 1 aromatic heterocycles. The summed E-state index contributed by atoms with van der Waals surface area (Å²) in [6.07, 6.45) is 8.06. The minimum Gasteiger partial charge on any atom is -0.358 e. The van der Waals surface area contributed by atoms with Gasteiger partial charge in [0.05, 0.1) is 12.0 Å². The van der Waals surface area contributed by atoms with Gasteiger partial charge < -0.3 is 15.5 Å². The van der Waals surface area contributed by atoms with Gasteiger partial charge in [-0.2, -0.15) is 5.10 Å². The van der Waals surface area contributed by atoms with E-state index in [1.807, 2.05) is 6.20 Å². The van der Waals surface area contributed by atoms with Crippen LogP contribution in [0.25, 0.3) is 0 Å². The lowest BCUT2D eigenvalue weighted by Crippen LogP contribution is -2.48. The maximum atomic E-state index is 12.2. The fraction of sp³-hybridized carbons (Fsp3) is 0.667. The molecule has 6 heteroatoms. The largest absolute Gasteiger partial charge is 0.358 e. The Morgan fingerprint density at radius 2 is 2.17 bits per heavy atom. The van der Waals surface area contributed by atoms with Crippen molar-refractivity contribution in [1.29, 1.82) is 0 Å². The minimum atomic E-state index is -0.439. The number of nitrogens with one attached hydrogen (secondary N) is 3. The Labute approximate surface area is 144 Å². The summed E-state index contributed by atoms with van der Waals surface area (Å²) in [6.45, 7) is 8.09. The van der Waals surface area contributed by atoms with Gasteiger partial charge in [-0.15, -0.1) is 0 Å². The quantitative estimate of drug-likeness (QED) is 0.747. The predicted molar refractivity (Wildman–Crippen MR) is 94.2 cm³/mol. The average molecular weight is 331 g/mol. The van der Waals surface area contributed by atoms with Crippen LogP contribution < -0.4 is 10.6 Å². The summed E-state index contributed by atoms with van der Waals surface area (Å²) in [5.41, 5.74) is 2.11. The zero-order chi connectivity index (χ0) is 17.2. The summed E-state index contributed by atoms with van der Waals surface area (Å²) in [4.78, 5) is 14.6. The maximum Gasteiger partial charge on any atom is 0.251 e. The molecule has 132 valence electrons. The molecule has 6 nitrogen and oxygen atoms in total. The van der Waals surface area contributed by atoms with E-state index < -0.39 is 5.54 Å². The van der Waals surface area contributed by atoms with Gasteiger partial charge in [-0.25, -0.2) is 0 Å².